The Morgan fingerprint density at radius 1 is 1.25 bits per heavy atom. The monoisotopic (exact) mass is 269 g/mol. The minimum absolute atomic E-state index is 0.351. The van der Waals surface area contributed by atoms with Crippen LogP contribution in [0, 0.1) is 6.92 Å². The highest BCUT2D eigenvalue weighted by Gasteiger charge is 2.15. The second kappa shape index (κ2) is 4.34. The number of carbonyl (C=O) groups is 1. The molecule has 0 saturated carbocycles. The largest absolute Gasteiger partial charge is 0.477 e. The van der Waals surface area contributed by atoms with Gasteiger partial charge in [-0.3, -0.25) is 9.48 Å². The lowest BCUT2D eigenvalue weighted by molar-refractivity contribution is 0.0694. The van der Waals surface area contributed by atoms with Crippen molar-refractivity contribution in [1.29, 1.82) is 0 Å². The zero-order valence-electron chi connectivity index (χ0n) is 10.6. The van der Waals surface area contributed by atoms with Gasteiger partial charge < -0.3 is 5.11 Å². The second-order valence-electron chi connectivity index (χ2n) is 4.40. The number of aromatic nitrogens is 3. The highest BCUT2D eigenvalue weighted by Crippen LogP contribution is 2.14. The molecule has 0 atom stereocenters. The molecule has 0 saturated heterocycles. The van der Waals surface area contributed by atoms with Crippen LogP contribution in [0.1, 0.15) is 15.9 Å². The fraction of sp³-hybridized carbons (Fsp3) is 0.0714. The summed E-state index contributed by atoms with van der Waals surface area (Å²) in [7, 11) is 0. The second-order valence-corrected chi connectivity index (χ2v) is 4.40. The van der Waals surface area contributed by atoms with E-state index in [9.17, 15) is 9.59 Å². The third-order valence-corrected chi connectivity index (χ3v) is 3.14. The molecule has 0 bridgehead atoms. The Bertz CT molecular complexity index is 877. The molecule has 6 nitrogen and oxygen atoms in total. The van der Waals surface area contributed by atoms with Gasteiger partial charge in [-0.25, -0.2) is 9.78 Å². The van der Waals surface area contributed by atoms with Gasteiger partial charge in [0.25, 0.3) is 5.56 Å². The fourth-order valence-electron chi connectivity index (χ4n) is 2.14. The average Bonchev–Trinajstić information content (AvgIpc) is 2.84. The lowest BCUT2D eigenvalue weighted by Crippen LogP contribution is -2.26. The predicted molar refractivity (Wildman–Crippen MR) is 72.5 cm³/mol. The number of carboxylic acids is 1. The van der Waals surface area contributed by atoms with Gasteiger partial charge in [0.05, 0.1) is 5.69 Å². The molecule has 6 heteroatoms. The first-order chi connectivity index (χ1) is 9.59. The summed E-state index contributed by atoms with van der Waals surface area (Å²) in [5.74, 6) is -1.28. The Labute approximate surface area is 113 Å². The van der Waals surface area contributed by atoms with Gasteiger partial charge in [-0.2, -0.15) is 4.52 Å². The first-order valence-electron chi connectivity index (χ1n) is 5.98. The van der Waals surface area contributed by atoms with Crippen LogP contribution in [-0.4, -0.2) is 25.3 Å². The molecule has 20 heavy (non-hydrogen) atoms. The Balaban J connectivity index is 2.39. The number of hydrogen-bond donors (Lipinski definition) is 1. The molecule has 100 valence electrons. The number of aromatic carboxylic acids is 1. The Morgan fingerprint density at radius 3 is 2.70 bits per heavy atom. The number of para-hydroxylation sites is 1. The van der Waals surface area contributed by atoms with Gasteiger partial charge in [-0.1, -0.05) is 18.2 Å². The fourth-order valence-corrected chi connectivity index (χ4v) is 2.14. The number of hydrogen-bond acceptors (Lipinski definition) is 3. The van der Waals surface area contributed by atoms with Crippen LogP contribution in [0.2, 0.25) is 0 Å². The summed E-state index contributed by atoms with van der Waals surface area (Å²) in [6.07, 6.45) is 2.78. The lowest BCUT2D eigenvalue weighted by Gasteiger charge is -2.09. The number of rotatable bonds is 2. The quantitative estimate of drug-likeness (QED) is 0.764. The molecule has 3 aromatic rings. The van der Waals surface area contributed by atoms with Crippen LogP contribution < -0.4 is 5.56 Å². The normalized spacial score (nSPS) is 10.8. The van der Waals surface area contributed by atoms with E-state index in [0.717, 1.165) is 17.4 Å². The van der Waals surface area contributed by atoms with Crippen molar-refractivity contribution >= 4 is 11.6 Å². The van der Waals surface area contributed by atoms with Crippen LogP contribution in [0.3, 0.4) is 0 Å². The van der Waals surface area contributed by atoms with E-state index in [1.165, 1.54) is 4.52 Å². The van der Waals surface area contributed by atoms with E-state index in [-0.39, 0.29) is 5.56 Å². The van der Waals surface area contributed by atoms with E-state index in [1.54, 1.807) is 16.9 Å². The molecule has 0 aliphatic rings. The Hall–Kier alpha value is -2.89. The van der Waals surface area contributed by atoms with Gasteiger partial charge in [0.15, 0.2) is 5.65 Å². The maximum atomic E-state index is 12.3. The highest BCUT2D eigenvalue weighted by molar-refractivity contribution is 5.86. The number of fused-ring (bicyclic) bond motifs is 1. The van der Waals surface area contributed by atoms with Crippen molar-refractivity contribution in [3.05, 3.63) is 64.2 Å². The van der Waals surface area contributed by atoms with Crippen LogP contribution in [0.4, 0.5) is 0 Å². The van der Waals surface area contributed by atoms with Crippen LogP contribution in [-0.2, 0) is 0 Å². The van der Waals surface area contributed by atoms with Gasteiger partial charge >= 0.3 is 5.97 Å². The number of aryl methyl sites for hydroxylation is 1. The van der Waals surface area contributed by atoms with Crippen molar-refractivity contribution in [3.63, 3.8) is 0 Å². The minimum atomic E-state index is -1.28. The third-order valence-electron chi connectivity index (χ3n) is 3.14. The summed E-state index contributed by atoms with van der Waals surface area (Å²) < 4.78 is 2.86. The number of benzene rings is 1. The van der Waals surface area contributed by atoms with Crippen LogP contribution >= 0.6 is 0 Å². The Morgan fingerprint density at radius 2 is 2.00 bits per heavy atom. The summed E-state index contributed by atoms with van der Waals surface area (Å²) in [6.45, 7) is 1.92. The van der Waals surface area contributed by atoms with E-state index in [2.05, 4.69) is 4.98 Å². The van der Waals surface area contributed by atoms with Crippen molar-refractivity contribution in [3.8, 4) is 5.69 Å². The molecule has 1 N–H and O–H groups in total. The van der Waals surface area contributed by atoms with Crippen molar-refractivity contribution in [1.82, 2.24) is 14.2 Å². The third kappa shape index (κ3) is 1.70. The minimum Gasteiger partial charge on any atom is -0.477 e. The van der Waals surface area contributed by atoms with E-state index < -0.39 is 11.5 Å². The zero-order chi connectivity index (χ0) is 14.3. The highest BCUT2D eigenvalue weighted by atomic mass is 16.4. The van der Waals surface area contributed by atoms with Gasteiger partial charge in [0.2, 0.25) is 0 Å². The standard InChI is InChI=1S/C14H11N3O3/c1-9-4-2-3-5-11(9)16-7-6-12-15-8-10(14(19)20)13(18)17(12)16/h2-8H,1H3,(H,19,20). The van der Waals surface area contributed by atoms with Gasteiger partial charge in [-0.15, -0.1) is 0 Å². The molecule has 0 amide bonds. The zero-order valence-corrected chi connectivity index (χ0v) is 10.6. The van der Waals surface area contributed by atoms with E-state index in [0.29, 0.717) is 5.65 Å². The molecule has 1 aromatic carbocycles. The van der Waals surface area contributed by atoms with Crippen molar-refractivity contribution < 1.29 is 9.90 Å². The topological polar surface area (TPSA) is 76.6 Å². The average molecular weight is 269 g/mol. The molecule has 2 heterocycles. The molecule has 0 aliphatic carbocycles. The molecule has 0 radical (unpaired) electrons. The summed E-state index contributed by atoms with van der Waals surface area (Å²) in [6, 6.07) is 9.19. The van der Waals surface area contributed by atoms with Crippen molar-refractivity contribution in [2.24, 2.45) is 0 Å². The number of nitrogens with zero attached hydrogens (tertiary/aromatic N) is 3. The summed E-state index contributed by atoms with van der Waals surface area (Å²) in [4.78, 5) is 27.3. The van der Waals surface area contributed by atoms with E-state index in [4.69, 9.17) is 5.11 Å². The van der Waals surface area contributed by atoms with Gasteiger partial charge in [0.1, 0.15) is 5.56 Å². The van der Waals surface area contributed by atoms with Crippen LogP contribution in [0.5, 0.6) is 0 Å². The lowest BCUT2D eigenvalue weighted by atomic mass is 10.2. The molecule has 3 rings (SSSR count). The molecule has 0 aliphatic heterocycles. The smallest absolute Gasteiger partial charge is 0.343 e. The first-order valence-corrected chi connectivity index (χ1v) is 5.98. The molecular weight excluding hydrogens is 258 g/mol. The van der Waals surface area contributed by atoms with Crippen LogP contribution in [0.25, 0.3) is 11.3 Å². The molecule has 2 aromatic heterocycles. The van der Waals surface area contributed by atoms with E-state index >= 15 is 0 Å². The maximum absolute atomic E-state index is 12.3. The molecule has 0 fully saturated rings. The van der Waals surface area contributed by atoms with Crippen molar-refractivity contribution in [2.45, 2.75) is 6.92 Å². The predicted octanol–water partition coefficient (Wildman–Crippen LogP) is 1.49. The van der Waals surface area contributed by atoms with Crippen molar-refractivity contribution in [2.75, 3.05) is 0 Å². The van der Waals surface area contributed by atoms with Crippen LogP contribution in [0.15, 0.2) is 47.5 Å². The molecular formula is C14H11N3O3. The summed E-state index contributed by atoms with van der Waals surface area (Å²) in [5.41, 5.74) is 1.22. The molecule has 0 spiro atoms. The Kier molecular flexibility index (Phi) is 2.64. The first kappa shape index (κ1) is 12.2. The maximum Gasteiger partial charge on any atom is 0.343 e. The van der Waals surface area contributed by atoms with E-state index in [1.807, 2.05) is 31.2 Å². The number of carboxylic acid groups (broad SMARTS) is 1. The summed E-state index contributed by atoms with van der Waals surface area (Å²) >= 11 is 0. The van der Waals surface area contributed by atoms with Gasteiger partial charge in [0, 0.05) is 18.5 Å². The summed E-state index contributed by atoms with van der Waals surface area (Å²) in [5, 5.41) is 9.02. The SMILES string of the molecule is Cc1ccccc1-n1ccc2ncc(C(=O)O)c(=O)n21. The van der Waals surface area contributed by atoms with Gasteiger partial charge in [-0.05, 0) is 18.6 Å². The molecule has 0 unspecified atom stereocenters.